The molecule has 17 heavy (non-hydrogen) atoms. The van der Waals surface area contributed by atoms with Gasteiger partial charge in [-0.15, -0.1) is 0 Å². The Morgan fingerprint density at radius 1 is 1.35 bits per heavy atom. The molecule has 0 aromatic rings. The zero-order valence-electron chi connectivity index (χ0n) is 10.8. The van der Waals surface area contributed by atoms with Crippen LogP contribution in [-0.2, 0) is 9.53 Å². The summed E-state index contributed by atoms with van der Waals surface area (Å²) in [6.07, 6.45) is 1.10. The molecule has 5 nitrogen and oxygen atoms in total. The summed E-state index contributed by atoms with van der Waals surface area (Å²) < 4.78 is 4.99. The normalized spacial score (nSPS) is 29.2. The van der Waals surface area contributed by atoms with Gasteiger partial charge in [0, 0.05) is 32.7 Å². The second-order valence-electron chi connectivity index (χ2n) is 5.06. The number of hydrogen-bond acceptors (Lipinski definition) is 5. The molecule has 0 amide bonds. The Labute approximate surface area is 103 Å². The van der Waals surface area contributed by atoms with Crippen molar-refractivity contribution >= 4 is 5.97 Å². The molecular weight excluding hydrogens is 218 g/mol. The molecule has 2 unspecified atom stereocenters. The van der Waals surface area contributed by atoms with Gasteiger partial charge in [-0.1, -0.05) is 0 Å². The molecule has 2 heterocycles. The summed E-state index contributed by atoms with van der Waals surface area (Å²) in [4.78, 5) is 16.6. The van der Waals surface area contributed by atoms with Gasteiger partial charge in [0.05, 0.1) is 7.11 Å². The van der Waals surface area contributed by atoms with E-state index in [1.165, 1.54) is 7.11 Å². The number of methoxy groups -OCH3 is 1. The quantitative estimate of drug-likeness (QED) is 0.668. The van der Waals surface area contributed by atoms with Gasteiger partial charge >= 0.3 is 5.97 Å². The van der Waals surface area contributed by atoms with Crippen LogP contribution >= 0.6 is 0 Å². The first-order valence-electron chi connectivity index (χ1n) is 6.43. The molecule has 98 valence electrons. The Kier molecular flexibility index (Phi) is 4.36. The molecule has 0 spiro atoms. The van der Waals surface area contributed by atoms with Gasteiger partial charge in [-0.05, 0) is 25.9 Å². The van der Waals surface area contributed by atoms with Crippen LogP contribution in [0.1, 0.15) is 6.42 Å². The molecule has 2 fully saturated rings. The number of ether oxygens (including phenoxy) is 1. The molecule has 0 aromatic heterocycles. The number of hydrogen-bond donors (Lipinski definition) is 1. The second kappa shape index (κ2) is 5.80. The highest BCUT2D eigenvalue weighted by molar-refractivity contribution is 5.76. The average molecular weight is 241 g/mol. The van der Waals surface area contributed by atoms with Gasteiger partial charge in [0.25, 0.3) is 0 Å². The van der Waals surface area contributed by atoms with E-state index in [9.17, 15) is 4.79 Å². The van der Waals surface area contributed by atoms with Crippen molar-refractivity contribution in [1.29, 1.82) is 0 Å². The zero-order chi connectivity index (χ0) is 12.3. The molecule has 0 aliphatic carbocycles. The van der Waals surface area contributed by atoms with Crippen LogP contribution in [0, 0.1) is 5.92 Å². The zero-order valence-corrected chi connectivity index (χ0v) is 10.8. The van der Waals surface area contributed by atoms with E-state index in [1.54, 1.807) is 0 Å². The molecule has 0 radical (unpaired) electrons. The monoisotopic (exact) mass is 241 g/mol. The van der Waals surface area contributed by atoms with Crippen LogP contribution in [0.25, 0.3) is 0 Å². The Morgan fingerprint density at radius 3 is 2.59 bits per heavy atom. The predicted octanol–water partition coefficient (Wildman–Crippen LogP) is -0.615. The van der Waals surface area contributed by atoms with Crippen LogP contribution in [-0.4, -0.2) is 75.2 Å². The van der Waals surface area contributed by atoms with Crippen LogP contribution in [0.3, 0.4) is 0 Å². The topological polar surface area (TPSA) is 44.8 Å². The third-order valence-electron chi connectivity index (χ3n) is 3.86. The minimum atomic E-state index is -0.0628. The number of rotatable bonds is 3. The summed E-state index contributed by atoms with van der Waals surface area (Å²) >= 11 is 0. The van der Waals surface area contributed by atoms with E-state index in [1.807, 2.05) is 0 Å². The average Bonchev–Trinajstić information content (AvgIpc) is 2.77. The third-order valence-corrected chi connectivity index (χ3v) is 3.86. The number of piperazine rings is 1. The van der Waals surface area contributed by atoms with Gasteiger partial charge in [-0.3, -0.25) is 9.69 Å². The summed E-state index contributed by atoms with van der Waals surface area (Å²) in [7, 11) is 3.61. The standard InChI is InChI=1S/C12H23N3O2/c1-14-6-3-10(9-14)11(12(16)17-2)15-7-4-13-5-8-15/h10-11,13H,3-9H2,1-2H3. The fourth-order valence-corrected chi connectivity index (χ4v) is 2.95. The van der Waals surface area contributed by atoms with Crippen molar-refractivity contribution in [3.63, 3.8) is 0 Å². The van der Waals surface area contributed by atoms with E-state index in [2.05, 4.69) is 22.2 Å². The lowest BCUT2D eigenvalue weighted by atomic mass is 9.96. The van der Waals surface area contributed by atoms with Crippen molar-refractivity contribution in [2.45, 2.75) is 12.5 Å². The second-order valence-corrected chi connectivity index (χ2v) is 5.06. The molecule has 1 N–H and O–H groups in total. The number of esters is 1. The maximum absolute atomic E-state index is 12.0. The van der Waals surface area contributed by atoms with Gasteiger partial charge in [0.2, 0.25) is 0 Å². The first-order chi connectivity index (χ1) is 8.22. The molecule has 0 aromatic carbocycles. The van der Waals surface area contributed by atoms with Crippen molar-refractivity contribution in [3.8, 4) is 0 Å². The number of carbonyl (C=O) groups excluding carboxylic acids is 1. The van der Waals surface area contributed by atoms with Gasteiger partial charge in [0.1, 0.15) is 6.04 Å². The largest absolute Gasteiger partial charge is 0.468 e. The molecule has 2 atom stereocenters. The number of likely N-dealkylation sites (tertiary alicyclic amines) is 1. The number of carbonyl (C=O) groups is 1. The number of nitrogens with zero attached hydrogens (tertiary/aromatic N) is 2. The molecule has 2 aliphatic heterocycles. The molecule has 0 bridgehead atoms. The summed E-state index contributed by atoms with van der Waals surface area (Å²) in [5.41, 5.74) is 0. The highest BCUT2D eigenvalue weighted by atomic mass is 16.5. The summed E-state index contributed by atoms with van der Waals surface area (Å²) in [5, 5.41) is 3.32. The predicted molar refractivity (Wildman–Crippen MR) is 65.9 cm³/mol. The van der Waals surface area contributed by atoms with E-state index in [-0.39, 0.29) is 12.0 Å². The lowest BCUT2D eigenvalue weighted by Crippen LogP contribution is -2.54. The van der Waals surface area contributed by atoms with Crippen molar-refractivity contribution < 1.29 is 9.53 Å². The molecule has 2 rings (SSSR count). The smallest absolute Gasteiger partial charge is 0.323 e. The fourth-order valence-electron chi connectivity index (χ4n) is 2.95. The summed E-state index contributed by atoms with van der Waals surface area (Å²) in [5.74, 6) is 0.359. The van der Waals surface area contributed by atoms with Crippen LogP contribution in [0.2, 0.25) is 0 Å². The van der Waals surface area contributed by atoms with Crippen LogP contribution < -0.4 is 5.32 Å². The first kappa shape index (κ1) is 12.8. The minimum absolute atomic E-state index is 0.0490. The van der Waals surface area contributed by atoms with Gasteiger partial charge in [0.15, 0.2) is 0 Å². The SMILES string of the molecule is COC(=O)C(C1CCN(C)C1)N1CCNCC1. The molecule has 2 aliphatic rings. The van der Waals surface area contributed by atoms with Gasteiger partial charge in [-0.25, -0.2) is 0 Å². The lowest BCUT2D eigenvalue weighted by molar-refractivity contribution is -0.149. The first-order valence-corrected chi connectivity index (χ1v) is 6.43. The summed E-state index contributed by atoms with van der Waals surface area (Å²) in [6.45, 7) is 5.92. The van der Waals surface area contributed by atoms with E-state index in [0.29, 0.717) is 5.92 Å². The third kappa shape index (κ3) is 2.97. The van der Waals surface area contributed by atoms with Crippen molar-refractivity contribution in [1.82, 2.24) is 15.1 Å². The Balaban J connectivity index is 2.04. The highest BCUT2D eigenvalue weighted by Gasteiger charge is 2.37. The van der Waals surface area contributed by atoms with Crippen molar-refractivity contribution in [2.24, 2.45) is 5.92 Å². The fraction of sp³-hybridized carbons (Fsp3) is 0.917. The van der Waals surface area contributed by atoms with E-state index in [0.717, 1.165) is 45.7 Å². The highest BCUT2D eigenvalue weighted by Crippen LogP contribution is 2.23. The Morgan fingerprint density at radius 2 is 2.06 bits per heavy atom. The van der Waals surface area contributed by atoms with Gasteiger partial charge < -0.3 is 15.0 Å². The lowest BCUT2D eigenvalue weighted by Gasteiger charge is -2.36. The number of nitrogens with one attached hydrogen (secondary N) is 1. The van der Waals surface area contributed by atoms with E-state index < -0.39 is 0 Å². The molecule has 5 heteroatoms. The van der Waals surface area contributed by atoms with Crippen molar-refractivity contribution in [2.75, 3.05) is 53.4 Å². The van der Waals surface area contributed by atoms with Crippen LogP contribution in [0.5, 0.6) is 0 Å². The Hall–Kier alpha value is -0.650. The van der Waals surface area contributed by atoms with E-state index in [4.69, 9.17) is 4.74 Å². The molecular formula is C12H23N3O2. The Bertz CT molecular complexity index is 262. The van der Waals surface area contributed by atoms with Crippen molar-refractivity contribution in [3.05, 3.63) is 0 Å². The molecule has 0 saturated carbocycles. The minimum Gasteiger partial charge on any atom is -0.468 e. The van der Waals surface area contributed by atoms with Crippen LogP contribution in [0.4, 0.5) is 0 Å². The maximum Gasteiger partial charge on any atom is 0.323 e. The van der Waals surface area contributed by atoms with Crippen LogP contribution in [0.15, 0.2) is 0 Å². The maximum atomic E-state index is 12.0. The summed E-state index contributed by atoms with van der Waals surface area (Å²) in [6, 6.07) is -0.0490. The van der Waals surface area contributed by atoms with E-state index >= 15 is 0 Å². The van der Waals surface area contributed by atoms with Gasteiger partial charge in [-0.2, -0.15) is 0 Å². The molecule has 2 saturated heterocycles.